The maximum atomic E-state index is 12.1. The van der Waals surface area contributed by atoms with Crippen LogP contribution in [0.4, 0.5) is 0 Å². The fraction of sp³-hybridized carbons (Fsp3) is 0.263. The van der Waals surface area contributed by atoms with Gasteiger partial charge in [-0.1, -0.05) is 6.07 Å². The van der Waals surface area contributed by atoms with Crippen molar-refractivity contribution in [3.63, 3.8) is 0 Å². The highest BCUT2D eigenvalue weighted by Crippen LogP contribution is 2.41. The number of hydrogen-bond donors (Lipinski definition) is 1. The molecule has 126 valence electrons. The largest absolute Gasteiger partial charge is 0.350 e. The Morgan fingerprint density at radius 3 is 2.80 bits per heavy atom. The maximum absolute atomic E-state index is 12.1. The molecule has 0 radical (unpaired) electrons. The molecule has 0 saturated heterocycles. The Hall–Kier alpha value is -3.02. The van der Waals surface area contributed by atoms with Gasteiger partial charge in [0.05, 0.1) is 17.8 Å². The Kier molecular flexibility index (Phi) is 4.24. The number of rotatable bonds is 6. The van der Waals surface area contributed by atoms with Gasteiger partial charge in [0.25, 0.3) is 5.91 Å². The molecule has 1 saturated carbocycles. The summed E-state index contributed by atoms with van der Waals surface area (Å²) in [6, 6.07) is 11.5. The van der Waals surface area contributed by atoms with Crippen LogP contribution in [0.2, 0.25) is 0 Å². The predicted molar refractivity (Wildman–Crippen MR) is 94.0 cm³/mol. The van der Waals surface area contributed by atoms with Gasteiger partial charge in [0.1, 0.15) is 5.69 Å². The molecule has 25 heavy (non-hydrogen) atoms. The predicted octanol–water partition coefficient (Wildman–Crippen LogP) is 2.65. The summed E-state index contributed by atoms with van der Waals surface area (Å²) in [6.07, 6.45) is 7.41. The van der Waals surface area contributed by atoms with Crippen LogP contribution in [-0.4, -0.2) is 32.2 Å². The lowest BCUT2D eigenvalue weighted by Crippen LogP contribution is -2.28. The van der Waals surface area contributed by atoms with E-state index in [4.69, 9.17) is 5.10 Å². The molecule has 0 bridgehead atoms. The SMILES string of the molecule is O=C(NCCn1nc(-c2ccccn2)cc1C1CC1)c1cccnc1. The van der Waals surface area contributed by atoms with Gasteiger partial charge in [0, 0.05) is 36.7 Å². The van der Waals surface area contributed by atoms with E-state index in [9.17, 15) is 4.79 Å². The van der Waals surface area contributed by atoms with Gasteiger partial charge in [-0.3, -0.25) is 19.4 Å². The number of pyridine rings is 2. The molecule has 0 spiro atoms. The molecule has 0 aromatic carbocycles. The summed E-state index contributed by atoms with van der Waals surface area (Å²) in [5.74, 6) is 0.470. The second kappa shape index (κ2) is 6.84. The van der Waals surface area contributed by atoms with Gasteiger partial charge >= 0.3 is 0 Å². The molecule has 1 aliphatic rings. The minimum Gasteiger partial charge on any atom is -0.350 e. The van der Waals surface area contributed by atoms with Gasteiger partial charge in [0.15, 0.2) is 0 Å². The number of carbonyl (C=O) groups is 1. The molecule has 1 fully saturated rings. The molecule has 1 N–H and O–H groups in total. The van der Waals surface area contributed by atoms with E-state index in [-0.39, 0.29) is 5.91 Å². The summed E-state index contributed by atoms with van der Waals surface area (Å²) in [5, 5.41) is 7.63. The number of aromatic nitrogens is 4. The molecule has 0 aliphatic heterocycles. The Morgan fingerprint density at radius 1 is 1.16 bits per heavy atom. The Bertz CT molecular complexity index is 856. The van der Waals surface area contributed by atoms with Crippen molar-refractivity contribution in [2.45, 2.75) is 25.3 Å². The monoisotopic (exact) mass is 333 g/mol. The van der Waals surface area contributed by atoms with E-state index in [0.29, 0.717) is 24.6 Å². The summed E-state index contributed by atoms with van der Waals surface area (Å²) in [5.41, 5.74) is 3.57. The fourth-order valence-electron chi connectivity index (χ4n) is 2.83. The van der Waals surface area contributed by atoms with Crippen LogP contribution in [0.5, 0.6) is 0 Å². The van der Waals surface area contributed by atoms with Crippen LogP contribution in [0.25, 0.3) is 11.4 Å². The highest BCUT2D eigenvalue weighted by Gasteiger charge is 2.28. The second-order valence-corrected chi connectivity index (χ2v) is 6.16. The van der Waals surface area contributed by atoms with Crippen molar-refractivity contribution in [2.75, 3.05) is 6.54 Å². The Morgan fingerprint density at radius 2 is 2.08 bits per heavy atom. The zero-order valence-corrected chi connectivity index (χ0v) is 13.8. The first kappa shape index (κ1) is 15.5. The van der Waals surface area contributed by atoms with Gasteiger partial charge in [-0.25, -0.2) is 0 Å². The number of amides is 1. The van der Waals surface area contributed by atoms with E-state index in [2.05, 4.69) is 21.4 Å². The standard InChI is InChI=1S/C19H19N5O/c25-19(15-4-3-8-20-13-15)22-10-11-24-18(14-6-7-14)12-17(23-24)16-5-1-2-9-21-16/h1-5,8-9,12-14H,6-7,10-11H2,(H,22,25). The van der Waals surface area contributed by atoms with Crippen molar-refractivity contribution in [1.82, 2.24) is 25.1 Å². The van der Waals surface area contributed by atoms with E-state index >= 15 is 0 Å². The van der Waals surface area contributed by atoms with Crippen LogP contribution in [0, 0.1) is 0 Å². The van der Waals surface area contributed by atoms with E-state index in [1.165, 1.54) is 18.5 Å². The average Bonchev–Trinajstić information content (AvgIpc) is 3.43. The van der Waals surface area contributed by atoms with Crippen LogP contribution in [-0.2, 0) is 6.54 Å². The highest BCUT2D eigenvalue weighted by molar-refractivity contribution is 5.93. The van der Waals surface area contributed by atoms with E-state index in [1.54, 1.807) is 30.7 Å². The number of nitrogens with one attached hydrogen (secondary N) is 1. The first-order valence-corrected chi connectivity index (χ1v) is 8.48. The molecule has 6 heteroatoms. The van der Waals surface area contributed by atoms with Crippen molar-refractivity contribution < 1.29 is 4.79 Å². The highest BCUT2D eigenvalue weighted by atomic mass is 16.1. The number of carbonyl (C=O) groups excluding carboxylic acids is 1. The topological polar surface area (TPSA) is 72.7 Å². The molecule has 0 atom stereocenters. The smallest absolute Gasteiger partial charge is 0.252 e. The third kappa shape index (κ3) is 3.57. The summed E-state index contributed by atoms with van der Waals surface area (Å²) in [7, 11) is 0. The number of nitrogens with zero attached hydrogens (tertiary/aromatic N) is 4. The Balaban J connectivity index is 1.45. The van der Waals surface area contributed by atoms with Crippen LogP contribution in [0.15, 0.2) is 55.0 Å². The Labute approximate surface area is 145 Å². The lowest BCUT2D eigenvalue weighted by atomic mass is 10.2. The van der Waals surface area contributed by atoms with E-state index < -0.39 is 0 Å². The molecule has 3 aromatic heterocycles. The number of hydrogen-bond acceptors (Lipinski definition) is 4. The zero-order valence-electron chi connectivity index (χ0n) is 13.8. The fourth-order valence-corrected chi connectivity index (χ4v) is 2.83. The van der Waals surface area contributed by atoms with E-state index in [1.807, 2.05) is 22.9 Å². The summed E-state index contributed by atoms with van der Waals surface area (Å²) in [6.45, 7) is 1.17. The van der Waals surface area contributed by atoms with Gasteiger partial charge in [0.2, 0.25) is 0 Å². The van der Waals surface area contributed by atoms with Crippen LogP contribution in [0.3, 0.4) is 0 Å². The second-order valence-electron chi connectivity index (χ2n) is 6.16. The van der Waals surface area contributed by atoms with Crippen LogP contribution < -0.4 is 5.32 Å². The lowest BCUT2D eigenvalue weighted by Gasteiger charge is -2.08. The van der Waals surface area contributed by atoms with Crippen molar-refractivity contribution in [3.8, 4) is 11.4 Å². The maximum Gasteiger partial charge on any atom is 0.252 e. The third-order valence-electron chi connectivity index (χ3n) is 4.27. The minimum atomic E-state index is -0.113. The normalized spacial score (nSPS) is 13.6. The molecule has 6 nitrogen and oxygen atoms in total. The van der Waals surface area contributed by atoms with Gasteiger partial charge in [-0.15, -0.1) is 0 Å². The van der Waals surface area contributed by atoms with Crippen LogP contribution >= 0.6 is 0 Å². The van der Waals surface area contributed by atoms with Crippen molar-refractivity contribution in [2.24, 2.45) is 0 Å². The molecule has 1 aliphatic carbocycles. The van der Waals surface area contributed by atoms with Crippen molar-refractivity contribution in [1.29, 1.82) is 0 Å². The molecule has 3 heterocycles. The summed E-state index contributed by atoms with van der Waals surface area (Å²) < 4.78 is 2.01. The van der Waals surface area contributed by atoms with Gasteiger partial charge < -0.3 is 5.32 Å². The molecule has 3 aromatic rings. The van der Waals surface area contributed by atoms with Gasteiger partial charge in [-0.05, 0) is 43.2 Å². The van der Waals surface area contributed by atoms with Gasteiger partial charge in [-0.2, -0.15) is 5.10 Å². The summed E-state index contributed by atoms with van der Waals surface area (Å²) >= 11 is 0. The molecular weight excluding hydrogens is 314 g/mol. The van der Waals surface area contributed by atoms with E-state index in [0.717, 1.165) is 11.4 Å². The third-order valence-corrected chi connectivity index (χ3v) is 4.27. The molecule has 0 unspecified atom stereocenters. The quantitative estimate of drug-likeness (QED) is 0.753. The lowest BCUT2D eigenvalue weighted by molar-refractivity contribution is 0.0951. The zero-order chi connectivity index (χ0) is 17.1. The first-order chi connectivity index (χ1) is 12.3. The molecule has 4 rings (SSSR count). The molecular formula is C19H19N5O. The first-order valence-electron chi connectivity index (χ1n) is 8.48. The van der Waals surface area contributed by atoms with Crippen LogP contribution in [0.1, 0.15) is 34.8 Å². The average molecular weight is 333 g/mol. The molecule has 1 amide bonds. The van der Waals surface area contributed by atoms with Crippen molar-refractivity contribution in [3.05, 3.63) is 66.2 Å². The summed E-state index contributed by atoms with van der Waals surface area (Å²) in [4.78, 5) is 20.4. The van der Waals surface area contributed by atoms with Crippen molar-refractivity contribution >= 4 is 5.91 Å². The minimum absolute atomic E-state index is 0.113.